The fraction of sp³-hybridized carbons (Fsp3) is 0.333. The standard InChI is InChI=1S/C15H16N2O/c18-14-8-4-3-7-13(17-14)15-12-6-2-1-5-11(12)9-10-16-15/h1-2,5-6,9-10,13H,3-4,7-8H2,(H,17,18)/t13-/m1/s1. The first-order valence-electron chi connectivity index (χ1n) is 6.47. The molecule has 1 aliphatic heterocycles. The smallest absolute Gasteiger partial charge is 0.220 e. The number of benzene rings is 1. The predicted molar refractivity (Wildman–Crippen MR) is 71.1 cm³/mol. The number of nitrogens with zero attached hydrogens (tertiary/aromatic N) is 1. The van der Waals surface area contributed by atoms with Gasteiger partial charge < -0.3 is 5.32 Å². The van der Waals surface area contributed by atoms with Crippen molar-refractivity contribution in [1.82, 2.24) is 10.3 Å². The van der Waals surface area contributed by atoms with Crippen LogP contribution in [0.1, 0.15) is 37.4 Å². The molecule has 1 saturated heterocycles. The summed E-state index contributed by atoms with van der Waals surface area (Å²) >= 11 is 0. The molecule has 3 rings (SSSR count). The Morgan fingerprint density at radius 3 is 3.00 bits per heavy atom. The van der Waals surface area contributed by atoms with Crippen molar-refractivity contribution < 1.29 is 4.79 Å². The number of carbonyl (C=O) groups excluding carboxylic acids is 1. The van der Waals surface area contributed by atoms with Crippen LogP contribution in [0, 0.1) is 0 Å². The first-order chi connectivity index (χ1) is 8.84. The zero-order valence-electron chi connectivity index (χ0n) is 10.2. The second kappa shape index (κ2) is 4.77. The lowest BCUT2D eigenvalue weighted by atomic mass is 10.0. The van der Waals surface area contributed by atoms with Crippen LogP contribution in [0.25, 0.3) is 10.8 Å². The van der Waals surface area contributed by atoms with Gasteiger partial charge in [-0.25, -0.2) is 0 Å². The van der Waals surface area contributed by atoms with Gasteiger partial charge in [0, 0.05) is 18.0 Å². The third-order valence-electron chi connectivity index (χ3n) is 3.52. The van der Waals surface area contributed by atoms with E-state index in [-0.39, 0.29) is 11.9 Å². The van der Waals surface area contributed by atoms with Crippen LogP contribution < -0.4 is 5.32 Å². The highest BCUT2D eigenvalue weighted by molar-refractivity contribution is 5.85. The summed E-state index contributed by atoms with van der Waals surface area (Å²) in [7, 11) is 0. The second-order valence-electron chi connectivity index (χ2n) is 4.78. The quantitative estimate of drug-likeness (QED) is 0.832. The Balaban J connectivity index is 2.05. The fourth-order valence-electron chi connectivity index (χ4n) is 2.60. The van der Waals surface area contributed by atoms with Crippen molar-refractivity contribution in [3.63, 3.8) is 0 Å². The Bertz CT molecular complexity index is 574. The predicted octanol–water partition coefficient (Wildman–Crippen LogP) is 2.97. The molecule has 2 heterocycles. The van der Waals surface area contributed by atoms with Crippen LogP contribution in [0.3, 0.4) is 0 Å². The van der Waals surface area contributed by atoms with Crippen molar-refractivity contribution in [3.05, 3.63) is 42.2 Å². The van der Waals surface area contributed by atoms with Gasteiger partial charge in [0.2, 0.25) is 5.91 Å². The summed E-state index contributed by atoms with van der Waals surface area (Å²) in [4.78, 5) is 16.2. The Morgan fingerprint density at radius 2 is 2.06 bits per heavy atom. The van der Waals surface area contributed by atoms with Gasteiger partial charge in [-0.15, -0.1) is 0 Å². The molecule has 0 spiro atoms. The summed E-state index contributed by atoms with van der Waals surface area (Å²) in [5.41, 5.74) is 1.00. The van der Waals surface area contributed by atoms with Crippen molar-refractivity contribution in [3.8, 4) is 0 Å². The van der Waals surface area contributed by atoms with Gasteiger partial charge in [0.15, 0.2) is 0 Å². The maximum Gasteiger partial charge on any atom is 0.220 e. The zero-order chi connectivity index (χ0) is 12.4. The molecule has 0 aliphatic carbocycles. The van der Waals surface area contributed by atoms with E-state index >= 15 is 0 Å². The highest BCUT2D eigenvalue weighted by Crippen LogP contribution is 2.27. The molecule has 3 nitrogen and oxygen atoms in total. The molecule has 2 aromatic rings. The average Bonchev–Trinajstić information content (AvgIpc) is 2.63. The van der Waals surface area contributed by atoms with Crippen LogP contribution in [0.4, 0.5) is 0 Å². The van der Waals surface area contributed by atoms with Crippen molar-refractivity contribution >= 4 is 16.7 Å². The van der Waals surface area contributed by atoms with Gasteiger partial charge in [0.1, 0.15) is 0 Å². The third kappa shape index (κ3) is 2.08. The van der Waals surface area contributed by atoms with Gasteiger partial charge in [-0.05, 0) is 24.3 Å². The number of aromatic nitrogens is 1. The zero-order valence-corrected chi connectivity index (χ0v) is 10.2. The number of carbonyl (C=O) groups is 1. The third-order valence-corrected chi connectivity index (χ3v) is 3.52. The van der Waals surface area contributed by atoms with Crippen LogP contribution in [0.2, 0.25) is 0 Å². The molecule has 1 aromatic heterocycles. The first kappa shape index (κ1) is 11.2. The van der Waals surface area contributed by atoms with Crippen LogP contribution in [0.5, 0.6) is 0 Å². The SMILES string of the molecule is O=C1CCCC[C@H](c2nccc3ccccc23)N1. The summed E-state index contributed by atoms with van der Waals surface area (Å²) in [6.07, 6.45) is 5.50. The topological polar surface area (TPSA) is 42.0 Å². The van der Waals surface area contributed by atoms with Crippen molar-refractivity contribution in [2.24, 2.45) is 0 Å². The molecule has 0 radical (unpaired) electrons. The van der Waals surface area contributed by atoms with Gasteiger partial charge in [0.25, 0.3) is 0 Å². The fourth-order valence-corrected chi connectivity index (χ4v) is 2.60. The lowest BCUT2D eigenvalue weighted by Crippen LogP contribution is -2.26. The maximum atomic E-state index is 11.7. The van der Waals surface area contributed by atoms with E-state index in [2.05, 4.69) is 22.4 Å². The normalized spacial score (nSPS) is 20.4. The van der Waals surface area contributed by atoms with Gasteiger partial charge >= 0.3 is 0 Å². The molecule has 92 valence electrons. The van der Waals surface area contributed by atoms with Crippen molar-refractivity contribution in [1.29, 1.82) is 0 Å². The molecule has 1 aromatic carbocycles. The number of nitrogens with one attached hydrogen (secondary N) is 1. The van der Waals surface area contributed by atoms with Crippen LogP contribution in [0.15, 0.2) is 36.5 Å². The van der Waals surface area contributed by atoms with E-state index in [0.717, 1.165) is 30.3 Å². The van der Waals surface area contributed by atoms with E-state index in [1.54, 1.807) is 0 Å². The highest BCUT2D eigenvalue weighted by Gasteiger charge is 2.20. The molecule has 0 saturated carbocycles. The molecule has 3 heteroatoms. The number of pyridine rings is 1. The number of amides is 1. The van der Waals surface area contributed by atoms with Gasteiger partial charge in [-0.3, -0.25) is 9.78 Å². The molecule has 18 heavy (non-hydrogen) atoms. The van der Waals surface area contributed by atoms with Crippen molar-refractivity contribution in [2.45, 2.75) is 31.7 Å². The first-order valence-corrected chi connectivity index (χ1v) is 6.47. The monoisotopic (exact) mass is 240 g/mol. The summed E-state index contributed by atoms with van der Waals surface area (Å²) in [5, 5.41) is 5.41. The van der Waals surface area contributed by atoms with Gasteiger partial charge in [-0.2, -0.15) is 0 Å². The molecule has 1 amide bonds. The Kier molecular flexibility index (Phi) is 2.97. The number of fused-ring (bicyclic) bond motifs is 1. The van der Waals surface area contributed by atoms with Crippen LogP contribution in [-0.2, 0) is 4.79 Å². The summed E-state index contributed by atoms with van der Waals surface area (Å²) in [6, 6.07) is 10.3. The van der Waals surface area contributed by atoms with Crippen LogP contribution >= 0.6 is 0 Å². The maximum absolute atomic E-state index is 11.7. The molecule has 0 unspecified atom stereocenters. The second-order valence-corrected chi connectivity index (χ2v) is 4.78. The average molecular weight is 240 g/mol. The number of hydrogen-bond acceptors (Lipinski definition) is 2. The molecule has 1 atom stereocenters. The molecule has 1 fully saturated rings. The van der Waals surface area contributed by atoms with Crippen LogP contribution in [-0.4, -0.2) is 10.9 Å². The Labute approximate surface area is 106 Å². The van der Waals surface area contributed by atoms with E-state index in [0.29, 0.717) is 6.42 Å². The van der Waals surface area contributed by atoms with E-state index in [4.69, 9.17) is 0 Å². The summed E-state index contributed by atoms with van der Waals surface area (Å²) in [5.74, 6) is 0.146. The molecule has 1 N–H and O–H groups in total. The summed E-state index contributed by atoms with van der Waals surface area (Å²) in [6.45, 7) is 0. The van der Waals surface area contributed by atoms with Crippen molar-refractivity contribution in [2.75, 3.05) is 0 Å². The van der Waals surface area contributed by atoms with E-state index < -0.39 is 0 Å². The minimum atomic E-state index is 0.0612. The highest BCUT2D eigenvalue weighted by atomic mass is 16.1. The Hall–Kier alpha value is -1.90. The lowest BCUT2D eigenvalue weighted by Gasteiger charge is -2.17. The Morgan fingerprint density at radius 1 is 1.17 bits per heavy atom. The largest absolute Gasteiger partial charge is 0.348 e. The molecular weight excluding hydrogens is 224 g/mol. The number of hydrogen-bond donors (Lipinski definition) is 1. The minimum Gasteiger partial charge on any atom is -0.348 e. The molecule has 0 bridgehead atoms. The number of rotatable bonds is 1. The van der Waals surface area contributed by atoms with E-state index in [1.807, 2.05) is 24.4 Å². The van der Waals surface area contributed by atoms with Gasteiger partial charge in [-0.1, -0.05) is 30.7 Å². The minimum absolute atomic E-state index is 0.0612. The molecular formula is C15H16N2O. The summed E-state index contributed by atoms with van der Waals surface area (Å²) < 4.78 is 0. The van der Waals surface area contributed by atoms with E-state index in [9.17, 15) is 4.79 Å². The molecule has 1 aliphatic rings. The van der Waals surface area contributed by atoms with E-state index in [1.165, 1.54) is 5.39 Å². The lowest BCUT2D eigenvalue weighted by molar-refractivity contribution is -0.121. The van der Waals surface area contributed by atoms with Gasteiger partial charge in [0.05, 0.1) is 11.7 Å².